The molecule has 0 unspecified atom stereocenters. The molecule has 0 fully saturated rings. The first-order chi connectivity index (χ1) is 10.3. The minimum Gasteiger partial charge on any atom is -0.493 e. The van der Waals surface area contributed by atoms with Crippen molar-refractivity contribution in [3.8, 4) is 11.5 Å². The van der Waals surface area contributed by atoms with Gasteiger partial charge in [0.05, 0.1) is 27.4 Å². The smallest absolute Gasteiger partial charge is 0.184 e. The van der Waals surface area contributed by atoms with Crippen molar-refractivity contribution in [2.24, 2.45) is 0 Å². The zero-order chi connectivity index (χ0) is 15.1. The monoisotopic (exact) mass is 288 g/mol. The van der Waals surface area contributed by atoms with Crippen LogP contribution in [0.4, 0.5) is 5.69 Å². The Morgan fingerprint density at radius 1 is 1.05 bits per heavy atom. The SMILES string of the molecule is COCc1ccccc1NCc1nccc(OC)c1OC. The van der Waals surface area contributed by atoms with Crippen molar-refractivity contribution < 1.29 is 14.2 Å². The van der Waals surface area contributed by atoms with E-state index in [1.54, 1.807) is 33.6 Å². The Kier molecular flexibility index (Phi) is 5.40. The summed E-state index contributed by atoms with van der Waals surface area (Å²) in [5.41, 5.74) is 2.91. The van der Waals surface area contributed by atoms with Gasteiger partial charge in [-0.1, -0.05) is 18.2 Å². The summed E-state index contributed by atoms with van der Waals surface area (Å²) in [6, 6.07) is 9.80. The van der Waals surface area contributed by atoms with Crippen LogP contribution in [-0.2, 0) is 17.9 Å². The maximum absolute atomic E-state index is 5.38. The van der Waals surface area contributed by atoms with Crippen molar-refractivity contribution in [1.29, 1.82) is 0 Å². The number of benzene rings is 1. The average molecular weight is 288 g/mol. The zero-order valence-electron chi connectivity index (χ0n) is 12.6. The molecule has 1 heterocycles. The number of aromatic nitrogens is 1. The van der Waals surface area contributed by atoms with Crippen LogP contribution in [0.3, 0.4) is 0 Å². The predicted molar refractivity (Wildman–Crippen MR) is 81.8 cm³/mol. The molecule has 0 saturated carbocycles. The summed E-state index contributed by atoms with van der Waals surface area (Å²) in [4.78, 5) is 4.35. The lowest BCUT2D eigenvalue weighted by Gasteiger charge is -2.14. The highest BCUT2D eigenvalue weighted by molar-refractivity contribution is 5.52. The van der Waals surface area contributed by atoms with Gasteiger partial charge in [0.25, 0.3) is 0 Å². The lowest BCUT2D eigenvalue weighted by molar-refractivity contribution is 0.185. The van der Waals surface area contributed by atoms with Crippen molar-refractivity contribution >= 4 is 5.69 Å². The molecule has 0 radical (unpaired) electrons. The molecule has 0 aliphatic heterocycles. The second-order valence-corrected chi connectivity index (χ2v) is 4.44. The Bertz CT molecular complexity index is 587. The van der Waals surface area contributed by atoms with E-state index in [9.17, 15) is 0 Å². The van der Waals surface area contributed by atoms with E-state index >= 15 is 0 Å². The Labute approximate surface area is 124 Å². The lowest BCUT2D eigenvalue weighted by atomic mass is 10.2. The molecule has 0 aliphatic rings. The number of ether oxygens (including phenoxy) is 3. The van der Waals surface area contributed by atoms with E-state index in [1.165, 1.54) is 0 Å². The van der Waals surface area contributed by atoms with Gasteiger partial charge in [0.15, 0.2) is 11.5 Å². The number of hydrogen-bond donors (Lipinski definition) is 1. The third-order valence-electron chi connectivity index (χ3n) is 3.13. The first-order valence-corrected chi connectivity index (χ1v) is 6.66. The van der Waals surface area contributed by atoms with Gasteiger partial charge in [-0.25, -0.2) is 0 Å². The molecule has 21 heavy (non-hydrogen) atoms. The molecule has 5 nitrogen and oxygen atoms in total. The van der Waals surface area contributed by atoms with E-state index in [-0.39, 0.29) is 0 Å². The van der Waals surface area contributed by atoms with E-state index < -0.39 is 0 Å². The van der Waals surface area contributed by atoms with Crippen LogP contribution >= 0.6 is 0 Å². The van der Waals surface area contributed by atoms with E-state index in [0.29, 0.717) is 24.7 Å². The standard InChI is InChI=1S/C16H20N2O3/c1-19-11-12-6-4-5-7-13(12)18-10-14-16(21-3)15(20-2)8-9-17-14/h4-9,18H,10-11H2,1-3H3. The molecule has 1 aromatic heterocycles. The molecular weight excluding hydrogens is 268 g/mol. The molecule has 0 atom stereocenters. The number of methoxy groups -OCH3 is 3. The van der Waals surface area contributed by atoms with Crippen LogP contribution in [0.5, 0.6) is 11.5 Å². The summed E-state index contributed by atoms with van der Waals surface area (Å²) in [7, 11) is 4.91. The quantitative estimate of drug-likeness (QED) is 0.849. The molecule has 1 N–H and O–H groups in total. The highest BCUT2D eigenvalue weighted by Crippen LogP contribution is 2.29. The summed E-state index contributed by atoms with van der Waals surface area (Å²) in [6.45, 7) is 1.10. The van der Waals surface area contributed by atoms with Gasteiger partial charge in [0, 0.05) is 30.6 Å². The molecule has 0 bridgehead atoms. The summed E-state index contributed by atoms with van der Waals surface area (Å²) >= 11 is 0. The second kappa shape index (κ2) is 7.50. The van der Waals surface area contributed by atoms with Gasteiger partial charge in [-0.2, -0.15) is 0 Å². The van der Waals surface area contributed by atoms with Crippen LogP contribution in [0.25, 0.3) is 0 Å². The zero-order valence-corrected chi connectivity index (χ0v) is 12.6. The molecular formula is C16H20N2O3. The minimum atomic E-state index is 0.543. The number of nitrogens with zero attached hydrogens (tertiary/aromatic N) is 1. The molecule has 5 heteroatoms. The van der Waals surface area contributed by atoms with Gasteiger partial charge in [-0.15, -0.1) is 0 Å². The normalized spacial score (nSPS) is 10.2. The molecule has 1 aromatic carbocycles. The largest absolute Gasteiger partial charge is 0.493 e. The van der Waals surface area contributed by atoms with Gasteiger partial charge < -0.3 is 19.5 Å². The Balaban J connectivity index is 2.17. The topological polar surface area (TPSA) is 52.6 Å². The van der Waals surface area contributed by atoms with Crippen LogP contribution in [0, 0.1) is 0 Å². The number of nitrogens with one attached hydrogen (secondary N) is 1. The van der Waals surface area contributed by atoms with E-state index in [1.807, 2.05) is 24.3 Å². The highest BCUT2D eigenvalue weighted by Gasteiger charge is 2.11. The summed E-state index contributed by atoms with van der Waals surface area (Å²) < 4.78 is 15.9. The highest BCUT2D eigenvalue weighted by atomic mass is 16.5. The van der Waals surface area contributed by atoms with Crippen LogP contribution < -0.4 is 14.8 Å². The van der Waals surface area contributed by atoms with E-state index in [2.05, 4.69) is 10.3 Å². The van der Waals surface area contributed by atoms with Crippen LogP contribution in [0.15, 0.2) is 36.5 Å². The molecule has 112 valence electrons. The number of para-hydroxylation sites is 1. The number of anilines is 1. The third kappa shape index (κ3) is 3.64. The number of pyridine rings is 1. The minimum absolute atomic E-state index is 0.543. The van der Waals surface area contributed by atoms with Crippen LogP contribution in [-0.4, -0.2) is 26.3 Å². The molecule has 0 spiro atoms. The fraction of sp³-hybridized carbons (Fsp3) is 0.312. The predicted octanol–water partition coefficient (Wildman–Crippen LogP) is 2.86. The lowest BCUT2D eigenvalue weighted by Crippen LogP contribution is -2.07. The molecule has 0 amide bonds. The van der Waals surface area contributed by atoms with Crippen LogP contribution in [0.1, 0.15) is 11.3 Å². The van der Waals surface area contributed by atoms with Gasteiger partial charge >= 0.3 is 0 Å². The molecule has 2 rings (SSSR count). The fourth-order valence-corrected chi connectivity index (χ4v) is 2.13. The number of hydrogen-bond acceptors (Lipinski definition) is 5. The first kappa shape index (κ1) is 15.1. The fourth-order valence-electron chi connectivity index (χ4n) is 2.13. The van der Waals surface area contributed by atoms with Gasteiger partial charge in [0.1, 0.15) is 5.69 Å². The van der Waals surface area contributed by atoms with Crippen molar-refractivity contribution in [3.63, 3.8) is 0 Å². The van der Waals surface area contributed by atoms with Gasteiger partial charge in [-0.05, 0) is 6.07 Å². The maximum atomic E-state index is 5.38. The maximum Gasteiger partial charge on any atom is 0.184 e. The van der Waals surface area contributed by atoms with Crippen molar-refractivity contribution in [2.75, 3.05) is 26.6 Å². The molecule has 0 saturated heterocycles. The summed E-state index contributed by atoms with van der Waals surface area (Å²) in [5.74, 6) is 1.33. The first-order valence-electron chi connectivity index (χ1n) is 6.66. The van der Waals surface area contributed by atoms with E-state index in [0.717, 1.165) is 16.9 Å². The average Bonchev–Trinajstić information content (AvgIpc) is 2.53. The Hall–Kier alpha value is -2.27. The van der Waals surface area contributed by atoms with E-state index in [4.69, 9.17) is 14.2 Å². The third-order valence-corrected chi connectivity index (χ3v) is 3.13. The second-order valence-electron chi connectivity index (χ2n) is 4.44. The van der Waals surface area contributed by atoms with Gasteiger partial charge in [0.2, 0.25) is 0 Å². The molecule has 0 aliphatic carbocycles. The van der Waals surface area contributed by atoms with Crippen molar-refractivity contribution in [3.05, 3.63) is 47.8 Å². The van der Waals surface area contributed by atoms with Crippen LogP contribution in [0.2, 0.25) is 0 Å². The molecule has 2 aromatic rings. The van der Waals surface area contributed by atoms with Gasteiger partial charge in [-0.3, -0.25) is 4.98 Å². The van der Waals surface area contributed by atoms with Crippen molar-refractivity contribution in [2.45, 2.75) is 13.2 Å². The van der Waals surface area contributed by atoms with Crippen molar-refractivity contribution in [1.82, 2.24) is 4.98 Å². The number of rotatable bonds is 7. The summed E-state index contributed by atoms with van der Waals surface area (Å²) in [5, 5.41) is 3.36. The Morgan fingerprint density at radius 2 is 1.86 bits per heavy atom. The summed E-state index contributed by atoms with van der Waals surface area (Å²) in [6.07, 6.45) is 1.71. The Morgan fingerprint density at radius 3 is 2.57 bits per heavy atom.